The highest BCUT2D eigenvalue weighted by atomic mass is 16.6. The second kappa shape index (κ2) is 13.3. The Bertz CT molecular complexity index is 1430. The van der Waals surface area contributed by atoms with Crippen molar-refractivity contribution in [3.8, 4) is 0 Å². The third-order valence-electron chi connectivity index (χ3n) is 7.66. The molecule has 42 heavy (non-hydrogen) atoms. The number of carbonyl (C=O) groups is 4. The molecule has 0 N–H and O–H groups in total. The number of hydrogen-bond acceptors (Lipinski definition) is 6. The lowest BCUT2D eigenvalue weighted by Gasteiger charge is -2.24. The van der Waals surface area contributed by atoms with E-state index in [-0.39, 0.29) is 19.1 Å². The molecular weight excluding hydrogens is 532 g/mol. The first kappa shape index (κ1) is 28.8. The Balaban J connectivity index is 1.34. The van der Waals surface area contributed by atoms with Crippen molar-refractivity contribution < 1.29 is 28.7 Å². The van der Waals surface area contributed by atoms with Gasteiger partial charge in [0.2, 0.25) is 11.8 Å². The maximum atomic E-state index is 13.9. The molecule has 2 saturated heterocycles. The van der Waals surface area contributed by atoms with Gasteiger partial charge in [0.15, 0.2) is 0 Å². The molecule has 4 atom stereocenters. The number of cyclic esters (lactones) is 2. The first-order chi connectivity index (χ1) is 20.4. The van der Waals surface area contributed by atoms with E-state index in [0.29, 0.717) is 19.3 Å². The second-order valence-corrected chi connectivity index (χ2v) is 10.7. The average Bonchev–Trinajstić information content (AvgIpc) is 3.56. The Morgan fingerprint density at radius 2 is 1.12 bits per heavy atom. The van der Waals surface area contributed by atoms with Gasteiger partial charge in [0.25, 0.3) is 0 Å². The molecule has 2 aliphatic heterocycles. The molecule has 216 valence electrons. The third-order valence-corrected chi connectivity index (χ3v) is 7.66. The molecule has 0 aromatic heterocycles. The number of ether oxygens (including phenoxy) is 2. The summed E-state index contributed by atoms with van der Waals surface area (Å²) in [5, 5.41) is 0. The lowest BCUT2D eigenvalue weighted by Crippen LogP contribution is -2.44. The van der Waals surface area contributed by atoms with Crippen molar-refractivity contribution in [1.29, 1.82) is 0 Å². The van der Waals surface area contributed by atoms with Crippen LogP contribution in [0.3, 0.4) is 0 Å². The number of benzene rings is 3. The molecule has 8 nitrogen and oxygen atoms in total. The van der Waals surface area contributed by atoms with Crippen molar-refractivity contribution in [3.05, 3.63) is 120 Å². The summed E-state index contributed by atoms with van der Waals surface area (Å²) < 4.78 is 10.5. The van der Waals surface area contributed by atoms with Gasteiger partial charge in [-0.25, -0.2) is 19.4 Å². The van der Waals surface area contributed by atoms with Gasteiger partial charge in [-0.2, -0.15) is 0 Å². The summed E-state index contributed by atoms with van der Waals surface area (Å²) in [5.74, 6) is -2.22. The number of carbonyl (C=O) groups excluding carboxylic acids is 4. The zero-order chi connectivity index (χ0) is 29.5. The number of nitrogens with zero attached hydrogens (tertiary/aromatic N) is 2. The van der Waals surface area contributed by atoms with E-state index in [1.807, 2.05) is 91.0 Å². The molecule has 4 amide bonds. The number of hydrogen-bond donors (Lipinski definition) is 0. The predicted molar refractivity (Wildman–Crippen MR) is 156 cm³/mol. The fraction of sp³-hybridized carbons (Fsp3) is 0.294. The summed E-state index contributed by atoms with van der Waals surface area (Å²) in [6, 6.07) is 27.9. The average molecular weight is 567 g/mol. The Morgan fingerprint density at radius 1 is 0.690 bits per heavy atom. The normalized spacial score (nSPS) is 19.9. The monoisotopic (exact) mass is 566 g/mol. The van der Waals surface area contributed by atoms with Crippen LogP contribution in [-0.4, -0.2) is 59.1 Å². The zero-order valence-electron chi connectivity index (χ0n) is 23.5. The molecule has 3 aromatic carbocycles. The summed E-state index contributed by atoms with van der Waals surface area (Å²) in [6.07, 6.45) is 3.30. The summed E-state index contributed by atoms with van der Waals surface area (Å²) in [6.45, 7) is 1.94. The molecule has 2 fully saturated rings. The van der Waals surface area contributed by atoms with E-state index in [1.54, 1.807) is 19.1 Å². The molecule has 0 bridgehead atoms. The highest BCUT2D eigenvalue weighted by Gasteiger charge is 2.41. The van der Waals surface area contributed by atoms with Gasteiger partial charge in [0.1, 0.15) is 13.2 Å². The van der Waals surface area contributed by atoms with Gasteiger partial charge < -0.3 is 9.47 Å². The highest BCUT2D eigenvalue weighted by Crippen LogP contribution is 2.25. The topological polar surface area (TPSA) is 93.2 Å². The molecule has 8 heteroatoms. The molecular formula is C34H34N2O6. The maximum Gasteiger partial charge on any atom is 0.417 e. The van der Waals surface area contributed by atoms with Gasteiger partial charge in [-0.05, 0) is 36.0 Å². The number of imide groups is 2. The fourth-order valence-corrected chi connectivity index (χ4v) is 5.42. The fourth-order valence-electron chi connectivity index (χ4n) is 5.42. The molecule has 5 rings (SSSR count). The van der Waals surface area contributed by atoms with Gasteiger partial charge in [-0.1, -0.05) is 110 Å². The molecule has 0 aliphatic carbocycles. The largest absolute Gasteiger partial charge is 0.447 e. The molecule has 2 heterocycles. The van der Waals surface area contributed by atoms with Crippen LogP contribution in [0.5, 0.6) is 0 Å². The summed E-state index contributed by atoms with van der Waals surface area (Å²) >= 11 is 0. The highest BCUT2D eigenvalue weighted by molar-refractivity contribution is 5.97. The van der Waals surface area contributed by atoms with E-state index in [0.717, 1.165) is 16.7 Å². The van der Waals surface area contributed by atoms with E-state index < -0.39 is 42.0 Å². The lowest BCUT2D eigenvalue weighted by atomic mass is 9.94. The smallest absolute Gasteiger partial charge is 0.417 e. The number of rotatable bonds is 10. The van der Waals surface area contributed by atoms with Crippen LogP contribution < -0.4 is 0 Å². The van der Waals surface area contributed by atoms with Crippen molar-refractivity contribution in [2.24, 2.45) is 11.8 Å². The van der Waals surface area contributed by atoms with Crippen LogP contribution in [0.2, 0.25) is 0 Å². The van der Waals surface area contributed by atoms with Gasteiger partial charge in [0, 0.05) is 0 Å². The van der Waals surface area contributed by atoms with Crippen molar-refractivity contribution in [1.82, 2.24) is 9.80 Å². The van der Waals surface area contributed by atoms with Crippen LogP contribution in [0.1, 0.15) is 23.6 Å². The Hall–Kier alpha value is -4.72. The van der Waals surface area contributed by atoms with Crippen LogP contribution in [-0.2, 0) is 38.3 Å². The van der Waals surface area contributed by atoms with Crippen LogP contribution in [0.25, 0.3) is 0 Å². The molecule has 0 radical (unpaired) electrons. The SMILES string of the molecule is C[C@@H](C=C[C@H](Cc1ccccc1)C(=O)N1C(=O)OCC1Cc1ccccc1)C(=O)N1C(=O)OCC1Cc1ccccc1. The van der Waals surface area contributed by atoms with E-state index in [2.05, 4.69) is 0 Å². The van der Waals surface area contributed by atoms with Gasteiger partial charge >= 0.3 is 12.2 Å². The molecule has 0 saturated carbocycles. The van der Waals surface area contributed by atoms with Crippen LogP contribution in [0, 0.1) is 11.8 Å². The summed E-state index contributed by atoms with van der Waals surface area (Å²) in [4.78, 5) is 55.1. The molecule has 2 aliphatic rings. The molecule has 3 aromatic rings. The first-order valence-corrected chi connectivity index (χ1v) is 14.2. The third kappa shape index (κ3) is 6.77. The van der Waals surface area contributed by atoms with E-state index in [9.17, 15) is 19.2 Å². The van der Waals surface area contributed by atoms with Crippen molar-refractivity contribution in [2.45, 2.75) is 38.3 Å². The predicted octanol–water partition coefficient (Wildman–Crippen LogP) is 5.22. The quantitative estimate of drug-likeness (QED) is 0.313. The van der Waals surface area contributed by atoms with Gasteiger partial charge in [0.05, 0.1) is 23.9 Å². The van der Waals surface area contributed by atoms with E-state index >= 15 is 0 Å². The van der Waals surface area contributed by atoms with Gasteiger partial charge in [-0.15, -0.1) is 0 Å². The standard InChI is InChI=1S/C34H34N2O6/c1-24(31(37)35-29(22-41-33(35)39)20-26-13-7-3-8-14-26)17-18-28(19-25-11-5-2-6-12-25)32(38)36-30(23-42-34(36)40)21-27-15-9-4-10-16-27/h2-18,24,28-30H,19-23H2,1H3/t24-,28+,29?,30?/m0/s1. The molecule has 2 unspecified atom stereocenters. The first-order valence-electron chi connectivity index (χ1n) is 14.2. The van der Waals surface area contributed by atoms with Crippen molar-refractivity contribution in [2.75, 3.05) is 13.2 Å². The van der Waals surface area contributed by atoms with Crippen LogP contribution >= 0.6 is 0 Å². The summed E-state index contributed by atoms with van der Waals surface area (Å²) in [5.41, 5.74) is 2.91. The van der Waals surface area contributed by atoms with Crippen molar-refractivity contribution >= 4 is 24.0 Å². The second-order valence-electron chi connectivity index (χ2n) is 10.7. The zero-order valence-corrected chi connectivity index (χ0v) is 23.5. The van der Waals surface area contributed by atoms with Crippen LogP contribution in [0.4, 0.5) is 9.59 Å². The Kier molecular flexibility index (Phi) is 9.12. The van der Waals surface area contributed by atoms with Crippen molar-refractivity contribution in [3.63, 3.8) is 0 Å². The minimum Gasteiger partial charge on any atom is -0.447 e. The maximum absolute atomic E-state index is 13.9. The molecule has 0 spiro atoms. The van der Waals surface area contributed by atoms with E-state index in [1.165, 1.54) is 9.80 Å². The summed E-state index contributed by atoms with van der Waals surface area (Å²) in [7, 11) is 0. The van der Waals surface area contributed by atoms with Gasteiger partial charge in [-0.3, -0.25) is 9.59 Å². The van der Waals surface area contributed by atoms with E-state index in [4.69, 9.17) is 9.47 Å². The Morgan fingerprint density at radius 3 is 1.60 bits per heavy atom. The number of amides is 4. The lowest BCUT2D eigenvalue weighted by molar-refractivity contribution is -0.133. The minimum atomic E-state index is -0.725. The minimum absolute atomic E-state index is 0.121. The Labute approximate surface area is 245 Å². The van der Waals surface area contributed by atoms with Crippen LogP contribution in [0.15, 0.2) is 103 Å².